The Morgan fingerprint density at radius 2 is 1.68 bits per heavy atom. The number of hydrogen-bond donors (Lipinski definition) is 1. The SMILES string of the molecule is COc1cc(CNCCc2coc(-c3ccc(F)cc3)n2)cc(OC)c1OC. The number of halogens is 1. The second-order valence-corrected chi connectivity index (χ2v) is 6.11. The normalized spacial score (nSPS) is 10.7. The monoisotopic (exact) mass is 386 g/mol. The quantitative estimate of drug-likeness (QED) is 0.564. The molecule has 1 aromatic heterocycles. The van der Waals surface area contributed by atoms with Crippen LogP contribution in [-0.4, -0.2) is 32.9 Å². The van der Waals surface area contributed by atoms with Crippen molar-refractivity contribution in [2.45, 2.75) is 13.0 Å². The molecule has 0 aliphatic carbocycles. The number of benzene rings is 2. The molecule has 0 bridgehead atoms. The number of nitrogens with zero attached hydrogens (tertiary/aromatic N) is 1. The van der Waals surface area contributed by atoms with Crippen molar-refractivity contribution in [1.82, 2.24) is 10.3 Å². The molecule has 0 amide bonds. The minimum absolute atomic E-state index is 0.286. The molecular formula is C21H23FN2O4. The zero-order valence-corrected chi connectivity index (χ0v) is 16.1. The first-order valence-electron chi connectivity index (χ1n) is 8.84. The summed E-state index contributed by atoms with van der Waals surface area (Å²) in [6, 6.07) is 9.89. The van der Waals surface area contributed by atoms with Gasteiger partial charge in [-0.25, -0.2) is 9.37 Å². The van der Waals surface area contributed by atoms with Crippen molar-refractivity contribution in [3.8, 4) is 28.7 Å². The second-order valence-electron chi connectivity index (χ2n) is 6.11. The summed E-state index contributed by atoms with van der Waals surface area (Å²) in [5.41, 5.74) is 2.59. The molecule has 0 saturated carbocycles. The number of methoxy groups -OCH3 is 3. The summed E-state index contributed by atoms with van der Waals surface area (Å²) in [4.78, 5) is 4.45. The molecule has 0 aliphatic heterocycles. The highest BCUT2D eigenvalue weighted by Crippen LogP contribution is 2.38. The van der Waals surface area contributed by atoms with Crippen molar-refractivity contribution >= 4 is 0 Å². The lowest BCUT2D eigenvalue weighted by Crippen LogP contribution is -2.17. The Labute approximate surface area is 163 Å². The Morgan fingerprint density at radius 3 is 2.29 bits per heavy atom. The zero-order chi connectivity index (χ0) is 19.9. The van der Waals surface area contributed by atoms with E-state index in [0.717, 1.165) is 16.8 Å². The molecule has 3 aromatic rings. The van der Waals surface area contributed by atoms with Gasteiger partial charge in [0.15, 0.2) is 11.5 Å². The maximum atomic E-state index is 13.0. The Balaban J connectivity index is 1.56. The first-order valence-corrected chi connectivity index (χ1v) is 8.84. The Bertz CT molecular complexity index is 884. The molecule has 0 saturated heterocycles. The zero-order valence-electron chi connectivity index (χ0n) is 16.1. The number of aromatic nitrogens is 1. The standard InChI is InChI=1S/C21H23FN2O4/c1-25-18-10-14(11-19(26-2)20(18)27-3)12-23-9-8-17-13-28-21(24-17)15-4-6-16(22)7-5-15/h4-7,10-11,13,23H,8-9,12H2,1-3H3. The number of nitrogens with one attached hydrogen (secondary N) is 1. The summed E-state index contributed by atoms with van der Waals surface area (Å²) in [5, 5.41) is 3.36. The fourth-order valence-corrected chi connectivity index (χ4v) is 2.83. The molecule has 0 radical (unpaired) electrons. The van der Waals surface area contributed by atoms with E-state index in [-0.39, 0.29) is 5.82 Å². The highest BCUT2D eigenvalue weighted by molar-refractivity contribution is 5.54. The molecule has 1 heterocycles. The molecule has 7 heteroatoms. The van der Waals surface area contributed by atoms with Gasteiger partial charge < -0.3 is 23.9 Å². The third-order valence-electron chi connectivity index (χ3n) is 4.25. The third-order valence-corrected chi connectivity index (χ3v) is 4.25. The molecule has 0 spiro atoms. The average molecular weight is 386 g/mol. The predicted octanol–water partition coefficient (Wildman–Crippen LogP) is 3.84. The molecule has 3 rings (SSSR count). The van der Waals surface area contributed by atoms with Crippen LogP contribution < -0.4 is 19.5 Å². The van der Waals surface area contributed by atoms with Crippen LogP contribution in [0.2, 0.25) is 0 Å². The van der Waals surface area contributed by atoms with E-state index in [1.54, 1.807) is 39.7 Å². The maximum Gasteiger partial charge on any atom is 0.226 e. The van der Waals surface area contributed by atoms with Crippen LogP contribution in [0.1, 0.15) is 11.3 Å². The largest absolute Gasteiger partial charge is 0.493 e. The van der Waals surface area contributed by atoms with Gasteiger partial charge in [0.1, 0.15) is 12.1 Å². The molecule has 2 aromatic carbocycles. The Hall–Kier alpha value is -3.06. The summed E-state index contributed by atoms with van der Waals surface area (Å²) < 4.78 is 34.6. The van der Waals surface area contributed by atoms with Crippen LogP contribution in [0.15, 0.2) is 47.1 Å². The minimum Gasteiger partial charge on any atom is -0.493 e. The summed E-state index contributed by atoms with van der Waals surface area (Å²) in [6.45, 7) is 1.35. The topological polar surface area (TPSA) is 65.8 Å². The van der Waals surface area contributed by atoms with Gasteiger partial charge in [0, 0.05) is 25.1 Å². The van der Waals surface area contributed by atoms with Gasteiger partial charge in [0.25, 0.3) is 0 Å². The molecule has 0 atom stereocenters. The first-order chi connectivity index (χ1) is 13.6. The molecule has 28 heavy (non-hydrogen) atoms. The second kappa shape index (κ2) is 9.23. The van der Waals surface area contributed by atoms with E-state index >= 15 is 0 Å². The number of ether oxygens (including phenoxy) is 3. The van der Waals surface area contributed by atoms with Gasteiger partial charge in [-0.15, -0.1) is 0 Å². The van der Waals surface area contributed by atoms with E-state index in [2.05, 4.69) is 10.3 Å². The van der Waals surface area contributed by atoms with Gasteiger partial charge in [0.05, 0.1) is 27.0 Å². The van der Waals surface area contributed by atoms with Crippen LogP contribution in [0, 0.1) is 5.82 Å². The van der Waals surface area contributed by atoms with Gasteiger partial charge in [-0.3, -0.25) is 0 Å². The van der Waals surface area contributed by atoms with Crippen LogP contribution in [0.3, 0.4) is 0 Å². The fraction of sp³-hybridized carbons (Fsp3) is 0.286. The highest BCUT2D eigenvalue weighted by atomic mass is 19.1. The van der Waals surface area contributed by atoms with Crippen molar-refractivity contribution < 1.29 is 23.0 Å². The lowest BCUT2D eigenvalue weighted by Gasteiger charge is -2.14. The van der Waals surface area contributed by atoms with Gasteiger partial charge in [-0.2, -0.15) is 0 Å². The molecule has 6 nitrogen and oxygen atoms in total. The van der Waals surface area contributed by atoms with E-state index in [4.69, 9.17) is 18.6 Å². The minimum atomic E-state index is -0.286. The van der Waals surface area contributed by atoms with Crippen LogP contribution in [0.25, 0.3) is 11.5 Å². The van der Waals surface area contributed by atoms with E-state index in [9.17, 15) is 4.39 Å². The summed E-state index contributed by atoms with van der Waals surface area (Å²) in [7, 11) is 4.77. The van der Waals surface area contributed by atoms with E-state index in [0.29, 0.717) is 42.6 Å². The van der Waals surface area contributed by atoms with Crippen molar-refractivity contribution in [1.29, 1.82) is 0 Å². The summed E-state index contributed by atoms with van der Waals surface area (Å²) >= 11 is 0. The van der Waals surface area contributed by atoms with E-state index in [1.807, 2.05) is 12.1 Å². The van der Waals surface area contributed by atoms with Crippen LogP contribution in [0.4, 0.5) is 4.39 Å². The van der Waals surface area contributed by atoms with Crippen LogP contribution in [0.5, 0.6) is 17.2 Å². The lowest BCUT2D eigenvalue weighted by molar-refractivity contribution is 0.323. The average Bonchev–Trinajstić information content (AvgIpc) is 3.19. The smallest absolute Gasteiger partial charge is 0.226 e. The van der Waals surface area contributed by atoms with Crippen LogP contribution in [-0.2, 0) is 13.0 Å². The number of hydrogen-bond acceptors (Lipinski definition) is 6. The van der Waals surface area contributed by atoms with Crippen LogP contribution >= 0.6 is 0 Å². The summed E-state index contributed by atoms with van der Waals surface area (Å²) in [6.07, 6.45) is 2.33. The fourth-order valence-electron chi connectivity index (χ4n) is 2.83. The van der Waals surface area contributed by atoms with E-state index < -0.39 is 0 Å². The maximum absolute atomic E-state index is 13.0. The molecule has 0 aliphatic rings. The van der Waals surface area contributed by atoms with Gasteiger partial charge in [-0.1, -0.05) is 0 Å². The predicted molar refractivity (Wildman–Crippen MR) is 103 cm³/mol. The molecule has 148 valence electrons. The lowest BCUT2D eigenvalue weighted by atomic mass is 10.1. The van der Waals surface area contributed by atoms with Crippen molar-refractivity contribution in [2.24, 2.45) is 0 Å². The summed E-state index contributed by atoms with van der Waals surface area (Å²) in [5.74, 6) is 2.02. The Morgan fingerprint density at radius 1 is 1.00 bits per heavy atom. The van der Waals surface area contributed by atoms with Gasteiger partial charge in [0.2, 0.25) is 11.6 Å². The first kappa shape index (κ1) is 19.7. The van der Waals surface area contributed by atoms with Crippen molar-refractivity contribution in [3.63, 3.8) is 0 Å². The molecule has 0 unspecified atom stereocenters. The van der Waals surface area contributed by atoms with E-state index in [1.165, 1.54) is 12.1 Å². The number of rotatable bonds is 9. The highest BCUT2D eigenvalue weighted by Gasteiger charge is 2.13. The van der Waals surface area contributed by atoms with Crippen molar-refractivity contribution in [3.05, 3.63) is 59.7 Å². The Kier molecular flexibility index (Phi) is 6.49. The molecule has 1 N–H and O–H groups in total. The number of oxazole rings is 1. The van der Waals surface area contributed by atoms with Gasteiger partial charge >= 0.3 is 0 Å². The third kappa shape index (κ3) is 4.61. The molecule has 0 fully saturated rings. The van der Waals surface area contributed by atoms with Gasteiger partial charge in [-0.05, 0) is 42.0 Å². The van der Waals surface area contributed by atoms with Crippen molar-refractivity contribution in [2.75, 3.05) is 27.9 Å². The molecular weight excluding hydrogens is 363 g/mol.